The van der Waals surface area contributed by atoms with Gasteiger partial charge in [0, 0.05) is 12.0 Å². The van der Waals surface area contributed by atoms with Crippen molar-refractivity contribution in [2.45, 2.75) is 12.5 Å². The highest BCUT2D eigenvalue weighted by atomic mass is 32.1. The zero-order valence-electron chi connectivity index (χ0n) is 8.51. The van der Waals surface area contributed by atoms with Crippen LogP contribution in [0.15, 0.2) is 24.3 Å². The van der Waals surface area contributed by atoms with E-state index in [1.165, 1.54) is 0 Å². The lowest BCUT2D eigenvalue weighted by Gasteiger charge is -2.10. The summed E-state index contributed by atoms with van der Waals surface area (Å²) < 4.78 is 10.3. The molecule has 0 saturated carbocycles. The topological polar surface area (TPSA) is 61.6 Å². The van der Waals surface area contributed by atoms with Gasteiger partial charge in [-0.2, -0.15) is 0 Å². The molecule has 84 valence electrons. The molecule has 1 aliphatic heterocycles. The van der Waals surface area contributed by atoms with E-state index in [1.54, 1.807) is 24.3 Å². The summed E-state index contributed by atoms with van der Waals surface area (Å²) in [6.45, 7) is 0.425. The minimum Gasteiger partial charge on any atom is -0.479 e. The van der Waals surface area contributed by atoms with Gasteiger partial charge >= 0.3 is 5.97 Å². The minimum atomic E-state index is -0.490. The zero-order valence-corrected chi connectivity index (χ0v) is 9.33. The maximum absolute atomic E-state index is 11.2. The Bertz CT molecular complexity index is 416. The van der Waals surface area contributed by atoms with Crippen LogP contribution in [0.4, 0.5) is 0 Å². The molecule has 1 fully saturated rings. The summed E-state index contributed by atoms with van der Waals surface area (Å²) >= 11 is 4.83. The van der Waals surface area contributed by atoms with Crippen molar-refractivity contribution in [2.75, 3.05) is 6.61 Å². The van der Waals surface area contributed by atoms with E-state index in [0.29, 0.717) is 23.8 Å². The van der Waals surface area contributed by atoms with Crippen molar-refractivity contribution in [2.24, 2.45) is 5.73 Å². The van der Waals surface area contributed by atoms with Crippen LogP contribution in [0.3, 0.4) is 0 Å². The molecule has 0 radical (unpaired) electrons. The molecule has 0 amide bonds. The van der Waals surface area contributed by atoms with Gasteiger partial charge in [0.25, 0.3) is 0 Å². The second-order valence-corrected chi connectivity index (χ2v) is 3.89. The highest BCUT2D eigenvalue weighted by Gasteiger charge is 2.28. The van der Waals surface area contributed by atoms with E-state index in [2.05, 4.69) is 0 Å². The van der Waals surface area contributed by atoms with E-state index in [1.807, 2.05) is 0 Å². The predicted octanol–water partition coefficient (Wildman–Crippen LogP) is 1.02. The van der Waals surface area contributed by atoms with Crippen molar-refractivity contribution >= 4 is 23.2 Å². The largest absolute Gasteiger partial charge is 0.479 e. The highest BCUT2D eigenvalue weighted by molar-refractivity contribution is 7.80. The van der Waals surface area contributed by atoms with Crippen molar-refractivity contribution in [3.05, 3.63) is 29.8 Å². The van der Waals surface area contributed by atoms with Gasteiger partial charge in [-0.25, -0.2) is 4.79 Å². The Morgan fingerprint density at radius 2 is 2.12 bits per heavy atom. The van der Waals surface area contributed by atoms with Gasteiger partial charge in [-0.15, -0.1) is 0 Å². The normalized spacial score (nSPS) is 19.2. The molecule has 4 nitrogen and oxygen atoms in total. The van der Waals surface area contributed by atoms with Crippen molar-refractivity contribution in [3.63, 3.8) is 0 Å². The quantitative estimate of drug-likeness (QED) is 0.628. The number of carbonyl (C=O) groups is 1. The van der Waals surface area contributed by atoms with Gasteiger partial charge in [0.1, 0.15) is 10.7 Å². The fourth-order valence-corrected chi connectivity index (χ4v) is 1.58. The monoisotopic (exact) mass is 237 g/mol. The third-order valence-corrected chi connectivity index (χ3v) is 2.54. The van der Waals surface area contributed by atoms with Crippen LogP contribution in [0, 0.1) is 0 Å². The molecule has 1 saturated heterocycles. The van der Waals surface area contributed by atoms with Crippen LogP contribution in [0.2, 0.25) is 0 Å². The van der Waals surface area contributed by atoms with Crippen LogP contribution in [0.1, 0.15) is 12.0 Å². The van der Waals surface area contributed by atoms with Gasteiger partial charge in [-0.3, -0.25) is 0 Å². The van der Waals surface area contributed by atoms with E-state index in [9.17, 15) is 4.79 Å². The Hall–Kier alpha value is -1.62. The molecule has 1 atom stereocenters. The lowest BCUT2D eigenvalue weighted by Crippen LogP contribution is -2.21. The van der Waals surface area contributed by atoms with E-state index in [4.69, 9.17) is 27.4 Å². The number of hydrogen-bond acceptors (Lipinski definition) is 4. The average Bonchev–Trinajstić information content (AvgIpc) is 2.65. The molecule has 1 unspecified atom stereocenters. The summed E-state index contributed by atoms with van der Waals surface area (Å²) in [5, 5.41) is 0. The van der Waals surface area contributed by atoms with Crippen molar-refractivity contribution in [3.8, 4) is 5.75 Å². The number of esters is 1. The number of rotatable bonds is 3. The summed E-state index contributed by atoms with van der Waals surface area (Å²) in [6.07, 6.45) is 0.103. The number of cyclic esters (lactones) is 1. The van der Waals surface area contributed by atoms with Crippen LogP contribution >= 0.6 is 12.2 Å². The van der Waals surface area contributed by atoms with Gasteiger partial charge in [-0.05, 0) is 24.3 Å². The zero-order chi connectivity index (χ0) is 11.5. The molecule has 1 aromatic carbocycles. The number of thiocarbonyl (C=S) groups is 1. The molecular formula is C11H11NO3S. The average molecular weight is 237 g/mol. The van der Waals surface area contributed by atoms with E-state index in [0.717, 1.165) is 5.56 Å². The fraction of sp³-hybridized carbons (Fsp3) is 0.273. The SMILES string of the molecule is NC(=S)c1ccc(OC2CCOC2=O)cc1. The molecule has 0 aliphatic carbocycles. The first kappa shape index (κ1) is 10.9. The molecule has 2 rings (SSSR count). The first-order valence-electron chi connectivity index (χ1n) is 4.90. The molecule has 2 N–H and O–H groups in total. The molecule has 1 heterocycles. The Kier molecular flexibility index (Phi) is 3.05. The van der Waals surface area contributed by atoms with Crippen LogP contribution in [0.5, 0.6) is 5.75 Å². The Labute approximate surface area is 98.3 Å². The van der Waals surface area contributed by atoms with Crippen LogP contribution in [-0.2, 0) is 9.53 Å². The van der Waals surface area contributed by atoms with Crippen LogP contribution in [-0.4, -0.2) is 23.7 Å². The minimum absolute atomic E-state index is 0.307. The van der Waals surface area contributed by atoms with Gasteiger partial charge in [-0.1, -0.05) is 12.2 Å². The highest BCUT2D eigenvalue weighted by Crippen LogP contribution is 2.18. The lowest BCUT2D eigenvalue weighted by molar-refractivity contribution is -0.143. The lowest BCUT2D eigenvalue weighted by atomic mass is 10.2. The number of carbonyl (C=O) groups excluding carboxylic acids is 1. The summed E-state index contributed by atoms with van der Waals surface area (Å²) in [4.78, 5) is 11.5. The van der Waals surface area contributed by atoms with Crippen LogP contribution in [0.25, 0.3) is 0 Å². The Balaban J connectivity index is 2.05. The van der Waals surface area contributed by atoms with Gasteiger partial charge in [0.15, 0.2) is 6.10 Å². The summed E-state index contributed by atoms with van der Waals surface area (Å²) in [5.74, 6) is 0.308. The summed E-state index contributed by atoms with van der Waals surface area (Å²) in [5.41, 5.74) is 6.24. The number of benzene rings is 1. The van der Waals surface area contributed by atoms with Crippen molar-refractivity contribution in [1.29, 1.82) is 0 Å². The van der Waals surface area contributed by atoms with Gasteiger partial charge in [0.05, 0.1) is 6.61 Å². The maximum atomic E-state index is 11.2. The molecular weight excluding hydrogens is 226 g/mol. The standard InChI is InChI=1S/C11H11NO3S/c12-10(16)7-1-3-8(4-2-7)15-9-5-6-14-11(9)13/h1-4,9H,5-6H2,(H2,12,16). The molecule has 0 aromatic heterocycles. The number of nitrogens with two attached hydrogens (primary N) is 1. The molecule has 5 heteroatoms. The number of ether oxygens (including phenoxy) is 2. The predicted molar refractivity (Wildman–Crippen MR) is 62.3 cm³/mol. The van der Waals surface area contributed by atoms with Crippen molar-refractivity contribution < 1.29 is 14.3 Å². The molecule has 1 aromatic rings. The molecule has 16 heavy (non-hydrogen) atoms. The second kappa shape index (κ2) is 4.49. The second-order valence-electron chi connectivity index (χ2n) is 3.45. The third-order valence-electron chi connectivity index (χ3n) is 2.30. The summed E-state index contributed by atoms with van der Waals surface area (Å²) in [6, 6.07) is 7.00. The molecule has 0 spiro atoms. The molecule has 1 aliphatic rings. The van der Waals surface area contributed by atoms with E-state index < -0.39 is 6.10 Å². The summed E-state index contributed by atoms with van der Waals surface area (Å²) in [7, 11) is 0. The Morgan fingerprint density at radius 3 is 2.62 bits per heavy atom. The molecule has 0 bridgehead atoms. The van der Waals surface area contributed by atoms with E-state index >= 15 is 0 Å². The van der Waals surface area contributed by atoms with Gasteiger partial charge < -0.3 is 15.2 Å². The Morgan fingerprint density at radius 1 is 1.44 bits per heavy atom. The number of hydrogen-bond donors (Lipinski definition) is 1. The first-order chi connectivity index (χ1) is 7.66. The van der Waals surface area contributed by atoms with Gasteiger partial charge in [0.2, 0.25) is 0 Å². The van der Waals surface area contributed by atoms with Crippen LogP contribution < -0.4 is 10.5 Å². The fourth-order valence-electron chi connectivity index (χ4n) is 1.45. The van der Waals surface area contributed by atoms with Crippen molar-refractivity contribution in [1.82, 2.24) is 0 Å². The third kappa shape index (κ3) is 2.30. The first-order valence-corrected chi connectivity index (χ1v) is 5.31. The smallest absolute Gasteiger partial charge is 0.347 e. The maximum Gasteiger partial charge on any atom is 0.347 e. The van der Waals surface area contributed by atoms with E-state index in [-0.39, 0.29) is 5.97 Å².